The first-order valence-corrected chi connectivity index (χ1v) is 10.8. The molecule has 7 heteroatoms. The number of aromatic nitrogens is 1. The molecule has 1 atom stereocenters. The summed E-state index contributed by atoms with van der Waals surface area (Å²) in [5, 5.41) is 2.89. The molecule has 1 spiro atoms. The average molecular weight is 402 g/mol. The monoisotopic (exact) mass is 401 g/mol. The van der Waals surface area contributed by atoms with Gasteiger partial charge in [-0.2, -0.15) is 0 Å². The molecular formula is C22H31N3O4. The molecule has 2 saturated heterocycles. The highest BCUT2D eigenvalue weighted by atomic mass is 16.5. The minimum Gasteiger partial charge on any atom is -0.376 e. The molecule has 1 aromatic rings. The second-order valence-electron chi connectivity index (χ2n) is 9.04. The van der Waals surface area contributed by atoms with E-state index in [4.69, 9.17) is 4.74 Å². The third-order valence-electron chi connectivity index (χ3n) is 6.96. The van der Waals surface area contributed by atoms with Crippen LogP contribution in [0.4, 0.5) is 4.79 Å². The zero-order chi connectivity index (χ0) is 20.8. The molecule has 1 saturated carbocycles. The molecular weight excluding hydrogens is 370 g/mol. The molecule has 2 aliphatic heterocycles. The van der Waals surface area contributed by atoms with Crippen molar-refractivity contribution in [2.45, 2.75) is 77.5 Å². The van der Waals surface area contributed by atoms with E-state index >= 15 is 0 Å². The van der Waals surface area contributed by atoms with Gasteiger partial charge in [0.15, 0.2) is 5.78 Å². The first-order chi connectivity index (χ1) is 13.8. The second-order valence-corrected chi connectivity index (χ2v) is 9.04. The van der Waals surface area contributed by atoms with Crippen LogP contribution in [0.5, 0.6) is 0 Å². The Balaban J connectivity index is 1.48. The lowest BCUT2D eigenvalue weighted by atomic mass is 9.77. The van der Waals surface area contributed by atoms with Gasteiger partial charge < -0.3 is 14.6 Å². The second kappa shape index (κ2) is 7.59. The van der Waals surface area contributed by atoms with Crippen LogP contribution in [-0.4, -0.2) is 52.0 Å². The fourth-order valence-electron chi connectivity index (χ4n) is 5.00. The predicted molar refractivity (Wildman–Crippen MR) is 108 cm³/mol. The molecule has 3 aliphatic rings. The number of hydrogen-bond acceptors (Lipinski definition) is 4. The van der Waals surface area contributed by atoms with Crippen LogP contribution in [0.3, 0.4) is 0 Å². The van der Waals surface area contributed by atoms with Gasteiger partial charge in [0.1, 0.15) is 5.54 Å². The predicted octanol–water partition coefficient (Wildman–Crippen LogP) is 2.97. The van der Waals surface area contributed by atoms with E-state index in [9.17, 15) is 14.4 Å². The van der Waals surface area contributed by atoms with Gasteiger partial charge in [-0.05, 0) is 64.4 Å². The van der Waals surface area contributed by atoms with Gasteiger partial charge >= 0.3 is 6.03 Å². The summed E-state index contributed by atoms with van der Waals surface area (Å²) in [4.78, 5) is 39.7. The Hall–Kier alpha value is -2.15. The fourth-order valence-corrected chi connectivity index (χ4v) is 5.00. The lowest BCUT2D eigenvalue weighted by Gasteiger charge is -2.33. The smallest absolute Gasteiger partial charge is 0.325 e. The lowest BCUT2D eigenvalue weighted by molar-refractivity contribution is -0.132. The van der Waals surface area contributed by atoms with E-state index in [-0.39, 0.29) is 24.3 Å². The van der Waals surface area contributed by atoms with Crippen LogP contribution in [0, 0.1) is 19.8 Å². The van der Waals surface area contributed by atoms with Crippen LogP contribution >= 0.6 is 0 Å². The summed E-state index contributed by atoms with van der Waals surface area (Å²) in [6.45, 7) is 7.39. The Morgan fingerprint density at radius 1 is 1.24 bits per heavy atom. The van der Waals surface area contributed by atoms with Gasteiger partial charge in [-0.15, -0.1) is 0 Å². The maximum Gasteiger partial charge on any atom is 0.325 e. The van der Waals surface area contributed by atoms with Crippen LogP contribution < -0.4 is 5.32 Å². The van der Waals surface area contributed by atoms with Gasteiger partial charge in [-0.25, -0.2) is 4.79 Å². The molecule has 4 rings (SSSR count). The Morgan fingerprint density at radius 2 is 1.97 bits per heavy atom. The number of nitrogens with one attached hydrogen (secondary N) is 1. The molecule has 29 heavy (non-hydrogen) atoms. The standard InChI is InChI=1S/C22H31N3O4/c1-14-6-8-22(9-7-14)20(27)25(21(28)23-22)13-19(26)18-11-15(2)24(16(18)3)12-17-5-4-10-29-17/h11,14,17H,4-10,12-13H2,1-3H3,(H,23,28). The number of hydrogen-bond donors (Lipinski definition) is 1. The van der Waals surface area contributed by atoms with Gasteiger partial charge in [0, 0.05) is 30.1 Å². The zero-order valence-corrected chi connectivity index (χ0v) is 17.6. The van der Waals surface area contributed by atoms with Gasteiger partial charge in [-0.1, -0.05) is 6.92 Å². The Labute approximate surface area is 171 Å². The topological polar surface area (TPSA) is 80.6 Å². The number of urea groups is 1. The fraction of sp³-hybridized carbons (Fsp3) is 0.682. The number of Topliss-reactive ketones (excluding diaryl/α,β-unsaturated/α-hetero) is 1. The Kier molecular flexibility index (Phi) is 5.27. The third kappa shape index (κ3) is 3.61. The molecule has 3 amide bonds. The number of aryl methyl sites for hydroxylation is 1. The summed E-state index contributed by atoms with van der Waals surface area (Å²) in [6, 6.07) is 1.43. The number of ether oxygens (including phenoxy) is 1. The van der Waals surface area contributed by atoms with Crippen LogP contribution in [0.2, 0.25) is 0 Å². The molecule has 1 unspecified atom stereocenters. The van der Waals surface area contributed by atoms with E-state index in [2.05, 4.69) is 16.8 Å². The van der Waals surface area contributed by atoms with Crippen LogP contribution in [0.1, 0.15) is 67.2 Å². The van der Waals surface area contributed by atoms with Crippen molar-refractivity contribution in [1.29, 1.82) is 0 Å². The van der Waals surface area contributed by atoms with E-state index in [0.29, 0.717) is 24.3 Å². The van der Waals surface area contributed by atoms with Crippen LogP contribution in [-0.2, 0) is 16.1 Å². The quantitative estimate of drug-likeness (QED) is 0.608. The minimum atomic E-state index is -0.805. The summed E-state index contributed by atoms with van der Waals surface area (Å²) in [5.41, 5.74) is 1.65. The molecule has 0 bridgehead atoms. The molecule has 1 N–H and O–H groups in total. The number of carbonyl (C=O) groups is 3. The van der Waals surface area contributed by atoms with Crippen LogP contribution in [0.15, 0.2) is 6.07 Å². The molecule has 158 valence electrons. The molecule has 0 aromatic carbocycles. The number of amides is 3. The number of ketones is 1. The number of rotatable bonds is 5. The molecule has 7 nitrogen and oxygen atoms in total. The first kappa shape index (κ1) is 20.1. The molecule has 3 fully saturated rings. The largest absolute Gasteiger partial charge is 0.376 e. The third-order valence-corrected chi connectivity index (χ3v) is 6.96. The van der Waals surface area contributed by atoms with E-state index in [1.54, 1.807) is 0 Å². The van der Waals surface area contributed by atoms with Crippen molar-refractivity contribution in [2.24, 2.45) is 5.92 Å². The highest BCUT2D eigenvalue weighted by Crippen LogP contribution is 2.36. The van der Waals surface area contributed by atoms with E-state index < -0.39 is 11.6 Å². The van der Waals surface area contributed by atoms with Gasteiger partial charge in [0.2, 0.25) is 0 Å². The molecule has 1 aliphatic carbocycles. The van der Waals surface area contributed by atoms with Gasteiger partial charge in [-0.3, -0.25) is 14.5 Å². The number of nitrogens with zero attached hydrogens (tertiary/aromatic N) is 2. The van der Waals surface area contributed by atoms with E-state index in [1.807, 2.05) is 19.9 Å². The summed E-state index contributed by atoms with van der Waals surface area (Å²) >= 11 is 0. The highest BCUT2D eigenvalue weighted by molar-refractivity contribution is 6.11. The maximum absolute atomic E-state index is 13.0. The van der Waals surface area contributed by atoms with Gasteiger partial charge in [0.05, 0.1) is 12.6 Å². The molecule has 1 aromatic heterocycles. The van der Waals surface area contributed by atoms with Crippen molar-refractivity contribution >= 4 is 17.7 Å². The van der Waals surface area contributed by atoms with Gasteiger partial charge in [0.25, 0.3) is 5.91 Å². The molecule has 3 heterocycles. The zero-order valence-electron chi connectivity index (χ0n) is 17.6. The summed E-state index contributed by atoms with van der Waals surface area (Å²) in [6.07, 6.45) is 5.42. The van der Waals surface area contributed by atoms with Crippen molar-refractivity contribution < 1.29 is 19.1 Å². The van der Waals surface area contributed by atoms with Crippen molar-refractivity contribution in [3.8, 4) is 0 Å². The minimum absolute atomic E-state index is 0.183. The summed E-state index contributed by atoms with van der Waals surface area (Å²) in [5.74, 6) is 0.132. The lowest BCUT2D eigenvalue weighted by Crippen LogP contribution is -2.49. The highest BCUT2D eigenvalue weighted by Gasteiger charge is 2.52. The normalized spacial score (nSPS) is 29.7. The Morgan fingerprint density at radius 3 is 2.62 bits per heavy atom. The SMILES string of the molecule is Cc1cc(C(=O)CN2C(=O)NC3(CCC(C)CC3)C2=O)c(C)n1CC1CCCO1. The van der Waals surface area contributed by atoms with Crippen molar-refractivity contribution in [3.05, 3.63) is 23.0 Å². The van der Waals surface area contributed by atoms with Crippen molar-refractivity contribution in [2.75, 3.05) is 13.2 Å². The van der Waals surface area contributed by atoms with E-state index in [0.717, 1.165) is 55.1 Å². The van der Waals surface area contributed by atoms with Crippen molar-refractivity contribution in [1.82, 2.24) is 14.8 Å². The Bertz CT molecular complexity index is 829. The van der Waals surface area contributed by atoms with Crippen LogP contribution in [0.25, 0.3) is 0 Å². The first-order valence-electron chi connectivity index (χ1n) is 10.8. The number of carbonyl (C=O) groups excluding carboxylic acids is 3. The molecule has 0 radical (unpaired) electrons. The summed E-state index contributed by atoms with van der Waals surface area (Å²) in [7, 11) is 0. The van der Waals surface area contributed by atoms with E-state index in [1.165, 1.54) is 0 Å². The van der Waals surface area contributed by atoms with Crippen molar-refractivity contribution in [3.63, 3.8) is 0 Å². The maximum atomic E-state index is 13.0. The average Bonchev–Trinajstić information content (AvgIpc) is 3.36. The number of imide groups is 1. The summed E-state index contributed by atoms with van der Waals surface area (Å²) < 4.78 is 7.84.